The number of rotatable bonds is 6. The molecule has 6 nitrogen and oxygen atoms in total. The van der Waals surface area contributed by atoms with Crippen molar-refractivity contribution >= 4 is 11.9 Å². The van der Waals surface area contributed by atoms with Gasteiger partial charge >= 0.3 is 5.97 Å². The fraction of sp³-hybridized carbons (Fsp3) is 0.286. The number of hydrogen-bond acceptors (Lipinski definition) is 3. The molecule has 20 heavy (non-hydrogen) atoms. The average Bonchev–Trinajstić information content (AvgIpc) is 3.07. The van der Waals surface area contributed by atoms with Gasteiger partial charge in [-0.3, -0.25) is 4.79 Å². The predicted octanol–water partition coefficient (Wildman–Crippen LogP) is 1.77. The van der Waals surface area contributed by atoms with Gasteiger partial charge in [0.15, 0.2) is 5.76 Å². The number of aromatic nitrogens is 1. The van der Waals surface area contributed by atoms with Crippen molar-refractivity contribution < 1.29 is 19.1 Å². The van der Waals surface area contributed by atoms with Gasteiger partial charge < -0.3 is 19.4 Å². The van der Waals surface area contributed by atoms with Gasteiger partial charge in [-0.15, -0.1) is 0 Å². The number of nitrogens with one attached hydrogen (secondary N) is 1. The van der Waals surface area contributed by atoms with Crippen LogP contribution in [0.2, 0.25) is 0 Å². The molecule has 0 fully saturated rings. The molecule has 2 N–H and O–H groups in total. The monoisotopic (exact) mass is 276 g/mol. The summed E-state index contributed by atoms with van der Waals surface area (Å²) in [6.45, 7) is 2.86. The van der Waals surface area contributed by atoms with Gasteiger partial charge in [-0.2, -0.15) is 0 Å². The van der Waals surface area contributed by atoms with Gasteiger partial charge in [0.2, 0.25) is 0 Å². The molecule has 1 amide bonds. The van der Waals surface area contributed by atoms with Crippen LogP contribution in [-0.2, 0) is 13.0 Å². The Balaban J connectivity index is 1.97. The summed E-state index contributed by atoms with van der Waals surface area (Å²) in [7, 11) is 0. The largest absolute Gasteiger partial charge is 0.478 e. The highest BCUT2D eigenvalue weighted by Gasteiger charge is 2.19. The topological polar surface area (TPSA) is 84.5 Å². The highest BCUT2D eigenvalue weighted by molar-refractivity contribution is 5.96. The van der Waals surface area contributed by atoms with Crippen molar-refractivity contribution in [3.63, 3.8) is 0 Å². The van der Waals surface area contributed by atoms with E-state index in [1.165, 1.54) is 6.07 Å². The van der Waals surface area contributed by atoms with E-state index in [1.54, 1.807) is 6.92 Å². The average molecular weight is 276 g/mol. The summed E-state index contributed by atoms with van der Waals surface area (Å²) in [6, 6.07) is 5.08. The van der Waals surface area contributed by atoms with E-state index in [0.717, 1.165) is 0 Å². The van der Waals surface area contributed by atoms with Crippen molar-refractivity contribution in [2.75, 3.05) is 6.54 Å². The first-order valence-electron chi connectivity index (χ1n) is 6.36. The van der Waals surface area contributed by atoms with Crippen LogP contribution in [0.15, 0.2) is 35.0 Å². The Morgan fingerprint density at radius 2 is 2.05 bits per heavy atom. The van der Waals surface area contributed by atoms with E-state index in [9.17, 15) is 9.59 Å². The van der Waals surface area contributed by atoms with E-state index in [2.05, 4.69) is 5.32 Å². The standard InChI is InChI=1S/C14H16N2O4/c1-2-11-10(14(18)19)9-12(20-11)13(17)15-5-8-16-6-3-4-7-16/h3-4,6-7,9H,2,5,8H2,1H3,(H,15,17)(H,18,19). The van der Waals surface area contributed by atoms with Crippen LogP contribution in [0, 0.1) is 0 Å². The number of carboxylic acid groups (broad SMARTS) is 1. The molecule has 0 unspecified atom stereocenters. The summed E-state index contributed by atoms with van der Waals surface area (Å²) in [5.41, 5.74) is 0.0445. The molecule has 0 saturated heterocycles. The molecule has 0 atom stereocenters. The van der Waals surface area contributed by atoms with Gasteiger partial charge in [-0.05, 0) is 12.1 Å². The molecular weight excluding hydrogens is 260 g/mol. The van der Waals surface area contributed by atoms with E-state index in [1.807, 2.05) is 29.1 Å². The van der Waals surface area contributed by atoms with Crippen LogP contribution in [0.4, 0.5) is 0 Å². The van der Waals surface area contributed by atoms with Crippen molar-refractivity contribution in [2.45, 2.75) is 19.9 Å². The molecule has 2 rings (SSSR count). The van der Waals surface area contributed by atoms with Crippen molar-refractivity contribution in [2.24, 2.45) is 0 Å². The molecule has 2 heterocycles. The summed E-state index contributed by atoms with van der Waals surface area (Å²) in [4.78, 5) is 22.9. The normalized spacial score (nSPS) is 10.4. The van der Waals surface area contributed by atoms with Gasteiger partial charge in [0.05, 0.1) is 0 Å². The van der Waals surface area contributed by atoms with Crippen LogP contribution in [0.25, 0.3) is 0 Å². The lowest BCUT2D eigenvalue weighted by molar-refractivity contribution is 0.0694. The third-order valence-electron chi connectivity index (χ3n) is 2.91. The third kappa shape index (κ3) is 3.09. The second-order valence-corrected chi connectivity index (χ2v) is 4.28. The molecule has 0 bridgehead atoms. The fourth-order valence-electron chi connectivity index (χ4n) is 1.89. The second kappa shape index (κ2) is 6.10. The van der Waals surface area contributed by atoms with Gasteiger partial charge in [-0.1, -0.05) is 6.92 Å². The Labute approximate surface area is 116 Å². The number of aryl methyl sites for hydroxylation is 1. The molecule has 0 spiro atoms. The van der Waals surface area contributed by atoms with E-state index >= 15 is 0 Å². The molecule has 0 radical (unpaired) electrons. The summed E-state index contributed by atoms with van der Waals surface area (Å²) in [5.74, 6) is -1.14. The molecule has 2 aromatic rings. The number of carboxylic acids is 1. The van der Waals surface area contributed by atoms with Crippen LogP contribution >= 0.6 is 0 Å². The first-order valence-corrected chi connectivity index (χ1v) is 6.36. The Bertz CT molecular complexity index is 599. The fourth-order valence-corrected chi connectivity index (χ4v) is 1.89. The zero-order chi connectivity index (χ0) is 14.5. The van der Waals surface area contributed by atoms with Crippen LogP contribution in [-0.4, -0.2) is 28.1 Å². The van der Waals surface area contributed by atoms with Crippen molar-refractivity contribution in [3.8, 4) is 0 Å². The van der Waals surface area contributed by atoms with Crippen LogP contribution in [0.5, 0.6) is 0 Å². The van der Waals surface area contributed by atoms with Crippen molar-refractivity contribution in [1.82, 2.24) is 9.88 Å². The quantitative estimate of drug-likeness (QED) is 0.842. The Kier molecular flexibility index (Phi) is 4.24. The predicted molar refractivity (Wildman–Crippen MR) is 71.8 cm³/mol. The minimum atomic E-state index is -1.09. The van der Waals surface area contributed by atoms with Crippen LogP contribution < -0.4 is 5.32 Å². The molecule has 0 aliphatic heterocycles. The zero-order valence-corrected chi connectivity index (χ0v) is 11.1. The van der Waals surface area contributed by atoms with E-state index in [4.69, 9.17) is 9.52 Å². The molecule has 0 aliphatic carbocycles. The molecule has 0 aliphatic rings. The highest BCUT2D eigenvalue weighted by atomic mass is 16.4. The molecule has 2 aromatic heterocycles. The molecule has 0 aromatic carbocycles. The maximum Gasteiger partial charge on any atom is 0.339 e. The first kappa shape index (κ1) is 13.9. The number of furan rings is 1. The minimum absolute atomic E-state index is 0.0340. The zero-order valence-electron chi connectivity index (χ0n) is 11.1. The molecule has 106 valence electrons. The Hall–Kier alpha value is -2.50. The smallest absolute Gasteiger partial charge is 0.339 e. The Morgan fingerprint density at radius 1 is 1.35 bits per heavy atom. The lowest BCUT2D eigenvalue weighted by Crippen LogP contribution is -2.26. The second-order valence-electron chi connectivity index (χ2n) is 4.28. The molecular formula is C14H16N2O4. The Morgan fingerprint density at radius 3 is 2.60 bits per heavy atom. The number of amides is 1. The van der Waals surface area contributed by atoms with Crippen LogP contribution in [0.1, 0.15) is 33.6 Å². The number of nitrogens with zero attached hydrogens (tertiary/aromatic N) is 1. The highest BCUT2D eigenvalue weighted by Crippen LogP contribution is 2.16. The third-order valence-corrected chi connectivity index (χ3v) is 2.91. The van der Waals surface area contributed by atoms with Gasteiger partial charge in [-0.25, -0.2) is 4.79 Å². The van der Waals surface area contributed by atoms with Crippen molar-refractivity contribution in [3.05, 3.63) is 47.7 Å². The van der Waals surface area contributed by atoms with E-state index < -0.39 is 11.9 Å². The SMILES string of the molecule is CCc1oc(C(=O)NCCn2cccc2)cc1C(=O)O. The summed E-state index contributed by atoms with van der Waals surface area (Å²) >= 11 is 0. The van der Waals surface area contributed by atoms with E-state index in [0.29, 0.717) is 25.3 Å². The van der Waals surface area contributed by atoms with Gasteiger partial charge in [0.25, 0.3) is 5.91 Å². The van der Waals surface area contributed by atoms with E-state index in [-0.39, 0.29) is 11.3 Å². The maximum absolute atomic E-state index is 11.9. The van der Waals surface area contributed by atoms with Crippen LogP contribution in [0.3, 0.4) is 0 Å². The first-order chi connectivity index (χ1) is 9.61. The summed E-state index contributed by atoms with van der Waals surface area (Å²) in [6.07, 6.45) is 4.23. The van der Waals surface area contributed by atoms with Crippen molar-refractivity contribution in [1.29, 1.82) is 0 Å². The number of hydrogen-bond donors (Lipinski definition) is 2. The maximum atomic E-state index is 11.9. The lowest BCUT2D eigenvalue weighted by Gasteiger charge is -2.04. The molecule has 0 saturated carbocycles. The minimum Gasteiger partial charge on any atom is -0.478 e. The number of carbonyl (C=O) groups is 2. The summed E-state index contributed by atoms with van der Waals surface area (Å²) in [5, 5.41) is 11.7. The lowest BCUT2D eigenvalue weighted by atomic mass is 10.2. The number of carbonyl (C=O) groups excluding carboxylic acids is 1. The summed E-state index contributed by atoms with van der Waals surface area (Å²) < 4.78 is 7.21. The van der Waals surface area contributed by atoms with Gasteiger partial charge in [0.1, 0.15) is 11.3 Å². The van der Waals surface area contributed by atoms with Gasteiger partial charge in [0, 0.05) is 38.0 Å². The number of aromatic carboxylic acids is 1. The molecule has 6 heteroatoms.